The minimum atomic E-state index is -0.171. The van der Waals surface area contributed by atoms with E-state index in [0.29, 0.717) is 11.3 Å². The standard InChI is InChI=1S/C12H22O/c1-9(2)7-10-8-12(3,4)6-5-11(10)13/h7,9,11,13H,5-6,8H2,1-4H3/b10-7+. The van der Waals surface area contributed by atoms with Gasteiger partial charge in [0.25, 0.3) is 0 Å². The van der Waals surface area contributed by atoms with Crippen LogP contribution in [0.3, 0.4) is 0 Å². The Balaban J connectivity index is 2.71. The van der Waals surface area contributed by atoms with Crippen LogP contribution in [-0.4, -0.2) is 11.2 Å². The van der Waals surface area contributed by atoms with Crippen LogP contribution >= 0.6 is 0 Å². The van der Waals surface area contributed by atoms with Gasteiger partial charge in [0.15, 0.2) is 0 Å². The van der Waals surface area contributed by atoms with Gasteiger partial charge in [0, 0.05) is 0 Å². The molecule has 1 heteroatoms. The van der Waals surface area contributed by atoms with Gasteiger partial charge in [-0.2, -0.15) is 0 Å². The van der Waals surface area contributed by atoms with Crippen molar-refractivity contribution in [3.8, 4) is 0 Å². The summed E-state index contributed by atoms with van der Waals surface area (Å²) in [6, 6.07) is 0. The van der Waals surface area contributed by atoms with Gasteiger partial charge in [0.2, 0.25) is 0 Å². The van der Waals surface area contributed by atoms with E-state index in [1.54, 1.807) is 0 Å². The van der Waals surface area contributed by atoms with E-state index in [0.717, 1.165) is 19.3 Å². The highest BCUT2D eigenvalue weighted by molar-refractivity contribution is 5.14. The van der Waals surface area contributed by atoms with Crippen molar-refractivity contribution in [3.05, 3.63) is 11.6 Å². The second-order valence-electron chi connectivity index (χ2n) is 5.38. The van der Waals surface area contributed by atoms with Crippen molar-refractivity contribution >= 4 is 0 Å². The fraction of sp³-hybridized carbons (Fsp3) is 0.833. The molecule has 0 radical (unpaired) electrons. The summed E-state index contributed by atoms with van der Waals surface area (Å²) in [6.45, 7) is 8.91. The molecular weight excluding hydrogens is 160 g/mol. The van der Waals surface area contributed by atoms with Crippen LogP contribution < -0.4 is 0 Å². The molecule has 1 atom stereocenters. The van der Waals surface area contributed by atoms with Crippen LogP contribution in [0.1, 0.15) is 47.0 Å². The Morgan fingerprint density at radius 2 is 2.08 bits per heavy atom. The van der Waals surface area contributed by atoms with Gasteiger partial charge in [0.05, 0.1) is 6.10 Å². The second-order valence-corrected chi connectivity index (χ2v) is 5.38. The second kappa shape index (κ2) is 3.83. The largest absolute Gasteiger partial charge is 0.389 e. The molecule has 13 heavy (non-hydrogen) atoms. The fourth-order valence-corrected chi connectivity index (χ4v) is 2.07. The zero-order valence-corrected chi connectivity index (χ0v) is 9.30. The van der Waals surface area contributed by atoms with Gasteiger partial charge in [-0.25, -0.2) is 0 Å². The van der Waals surface area contributed by atoms with Gasteiger partial charge >= 0.3 is 0 Å². The molecule has 76 valence electrons. The predicted molar refractivity (Wildman–Crippen MR) is 56.6 cm³/mol. The summed E-state index contributed by atoms with van der Waals surface area (Å²) in [5.74, 6) is 0.554. The molecule has 1 fully saturated rings. The lowest BCUT2D eigenvalue weighted by Gasteiger charge is -2.34. The predicted octanol–water partition coefficient (Wildman–Crippen LogP) is 3.14. The SMILES string of the molecule is CC(C)/C=C1\CC(C)(C)CCC1O. The fourth-order valence-electron chi connectivity index (χ4n) is 2.07. The molecule has 0 aromatic carbocycles. The quantitative estimate of drug-likeness (QED) is 0.618. The molecule has 1 nitrogen and oxygen atoms in total. The third kappa shape index (κ3) is 3.15. The molecule has 0 bridgehead atoms. The third-order valence-electron chi connectivity index (χ3n) is 2.75. The summed E-state index contributed by atoms with van der Waals surface area (Å²) in [6.07, 6.45) is 5.20. The summed E-state index contributed by atoms with van der Waals surface area (Å²) in [7, 11) is 0. The van der Waals surface area contributed by atoms with Gasteiger partial charge in [-0.05, 0) is 36.2 Å². The van der Waals surface area contributed by atoms with Crippen LogP contribution in [0, 0.1) is 11.3 Å². The maximum absolute atomic E-state index is 9.78. The van der Waals surface area contributed by atoms with Crippen molar-refractivity contribution in [2.75, 3.05) is 0 Å². The van der Waals surface area contributed by atoms with E-state index in [9.17, 15) is 5.11 Å². The van der Waals surface area contributed by atoms with Gasteiger partial charge in [0.1, 0.15) is 0 Å². The normalized spacial score (nSPS) is 31.2. The highest BCUT2D eigenvalue weighted by atomic mass is 16.3. The first-order valence-corrected chi connectivity index (χ1v) is 5.29. The summed E-state index contributed by atoms with van der Waals surface area (Å²) < 4.78 is 0. The molecule has 0 saturated heterocycles. The van der Waals surface area contributed by atoms with E-state index in [-0.39, 0.29) is 6.10 Å². The van der Waals surface area contributed by atoms with Gasteiger partial charge < -0.3 is 5.11 Å². The highest BCUT2D eigenvalue weighted by Crippen LogP contribution is 2.38. The minimum Gasteiger partial charge on any atom is -0.389 e. The number of aliphatic hydroxyl groups is 1. The van der Waals surface area contributed by atoms with E-state index in [1.807, 2.05) is 0 Å². The number of rotatable bonds is 1. The smallest absolute Gasteiger partial charge is 0.0750 e. The Labute approximate surface area is 81.9 Å². The first-order chi connectivity index (χ1) is 5.91. The van der Waals surface area contributed by atoms with Crippen LogP contribution in [0.15, 0.2) is 11.6 Å². The maximum atomic E-state index is 9.78. The van der Waals surface area contributed by atoms with Crippen molar-refractivity contribution in [2.45, 2.75) is 53.1 Å². The maximum Gasteiger partial charge on any atom is 0.0750 e. The Hall–Kier alpha value is -0.300. The van der Waals surface area contributed by atoms with E-state index >= 15 is 0 Å². The number of aliphatic hydroxyl groups excluding tert-OH is 1. The van der Waals surface area contributed by atoms with Gasteiger partial charge in [-0.3, -0.25) is 0 Å². The lowest BCUT2D eigenvalue weighted by atomic mass is 9.73. The molecule has 0 aromatic heterocycles. The first-order valence-electron chi connectivity index (χ1n) is 5.29. The lowest BCUT2D eigenvalue weighted by Crippen LogP contribution is -2.27. The zero-order valence-electron chi connectivity index (χ0n) is 9.30. The molecule has 0 amide bonds. The Morgan fingerprint density at radius 3 is 2.62 bits per heavy atom. The average molecular weight is 182 g/mol. The molecule has 0 aliphatic heterocycles. The van der Waals surface area contributed by atoms with Crippen LogP contribution in [0.4, 0.5) is 0 Å². The molecule has 1 aliphatic carbocycles. The van der Waals surface area contributed by atoms with E-state index in [2.05, 4.69) is 33.8 Å². The first kappa shape index (κ1) is 10.8. The van der Waals surface area contributed by atoms with E-state index in [1.165, 1.54) is 5.57 Å². The van der Waals surface area contributed by atoms with Crippen LogP contribution in [0.25, 0.3) is 0 Å². The number of hydrogen-bond acceptors (Lipinski definition) is 1. The Bertz CT molecular complexity index is 201. The topological polar surface area (TPSA) is 20.2 Å². The molecular formula is C12H22O. The molecule has 1 rings (SSSR count). The van der Waals surface area contributed by atoms with Crippen molar-refractivity contribution in [1.29, 1.82) is 0 Å². The summed E-state index contributed by atoms with van der Waals surface area (Å²) >= 11 is 0. The molecule has 1 saturated carbocycles. The monoisotopic (exact) mass is 182 g/mol. The molecule has 1 unspecified atom stereocenters. The summed E-state index contributed by atoms with van der Waals surface area (Å²) in [5, 5.41) is 9.78. The Kier molecular flexibility index (Phi) is 3.18. The zero-order chi connectivity index (χ0) is 10.1. The Morgan fingerprint density at radius 1 is 1.46 bits per heavy atom. The summed E-state index contributed by atoms with van der Waals surface area (Å²) in [4.78, 5) is 0. The van der Waals surface area contributed by atoms with Gasteiger partial charge in [-0.1, -0.05) is 33.8 Å². The molecule has 0 aromatic rings. The molecule has 0 spiro atoms. The lowest BCUT2D eigenvalue weighted by molar-refractivity contribution is 0.130. The van der Waals surface area contributed by atoms with Crippen molar-refractivity contribution in [1.82, 2.24) is 0 Å². The minimum absolute atomic E-state index is 0.171. The summed E-state index contributed by atoms with van der Waals surface area (Å²) in [5.41, 5.74) is 1.64. The van der Waals surface area contributed by atoms with Crippen LogP contribution in [-0.2, 0) is 0 Å². The molecule has 1 aliphatic rings. The van der Waals surface area contributed by atoms with E-state index in [4.69, 9.17) is 0 Å². The highest BCUT2D eigenvalue weighted by Gasteiger charge is 2.29. The van der Waals surface area contributed by atoms with Gasteiger partial charge in [-0.15, -0.1) is 0 Å². The number of allylic oxidation sites excluding steroid dienone is 1. The number of hydrogen-bond donors (Lipinski definition) is 1. The van der Waals surface area contributed by atoms with Crippen LogP contribution in [0.2, 0.25) is 0 Å². The van der Waals surface area contributed by atoms with Crippen LogP contribution in [0.5, 0.6) is 0 Å². The van der Waals surface area contributed by atoms with E-state index < -0.39 is 0 Å². The average Bonchev–Trinajstić information content (AvgIpc) is 1.95. The third-order valence-corrected chi connectivity index (χ3v) is 2.75. The van der Waals surface area contributed by atoms with Crippen molar-refractivity contribution in [2.24, 2.45) is 11.3 Å². The van der Waals surface area contributed by atoms with Crippen molar-refractivity contribution < 1.29 is 5.11 Å². The van der Waals surface area contributed by atoms with Crippen molar-refractivity contribution in [3.63, 3.8) is 0 Å². The molecule has 1 N–H and O–H groups in total. The molecule has 0 heterocycles.